The fraction of sp³-hybridized carbons (Fsp3) is 0.250. The second kappa shape index (κ2) is 5.01. The summed E-state index contributed by atoms with van der Waals surface area (Å²) in [5.74, 6) is -2.99. The molecule has 5 nitrogen and oxygen atoms in total. The van der Waals surface area contributed by atoms with E-state index in [9.17, 15) is 13.2 Å². The lowest BCUT2D eigenvalue weighted by Gasteiger charge is -2.10. The Hall–Kier alpha value is -3.16. The fourth-order valence-electron chi connectivity index (χ4n) is 4.38. The Morgan fingerprint density at radius 3 is 2.64 bits per heavy atom. The lowest BCUT2D eigenvalue weighted by Crippen LogP contribution is -2.13. The van der Waals surface area contributed by atoms with E-state index in [1.807, 2.05) is 6.07 Å². The van der Waals surface area contributed by atoms with Crippen LogP contribution in [0.3, 0.4) is 0 Å². The standard InChI is InChI=1S/C20H14F3N5/c21-12-3-1-11(2-4-12)17-16(13-5-6-24-18-14(13)8-25-26-18)15-7-19(9-20(19,22)23)10-28(15)27-17/h1-6,8H,7,9-10H2,(H,24,25,26). The van der Waals surface area contributed by atoms with Gasteiger partial charge in [-0.15, -0.1) is 0 Å². The number of aromatic amines is 1. The zero-order valence-corrected chi connectivity index (χ0v) is 14.6. The minimum atomic E-state index is -2.65. The molecule has 1 aliphatic carbocycles. The highest BCUT2D eigenvalue weighted by Crippen LogP contribution is 2.66. The number of halogens is 3. The van der Waals surface area contributed by atoms with Gasteiger partial charge in [0.05, 0.1) is 18.2 Å². The molecule has 1 spiro atoms. The monoisotopic (exact) mass is 381 g/mol. The highest BCUT2D eigenvalue weighted by Gasteiger charge is 2.73. The molecule has 0 saturated heterocycles. The summed E-state index contributed by atoms with van der Waals surface area (Å²) in [6.45, 7) is 0.198. The molecule has 1 aromatic carbocycles. The Bertz CT molecular complexity index is 1240. The molecule has 1 N–H and O–H groups in total. The predicted molar refractivity (Wildman–Crippen MR) is 96.2 cm³/mol. The first kappa shape index (κ1) is 15.9. The summed E-state index contributed by atoms with van der Waals surface area (Å²) >= 11 is 0. The third kappa shape index (κ3) is 2.00. The van der Waals surface area contributed by atoms with Crippen molar-refractivity contribution in [1.82, 2.24) is 25.0 Å². The normalized spacial score (nSPS) is 22.1. The molecule has 1 unspecified atom stereocenters. The molecule has 2 aliphatic rings. The van der Waals surface area contributed by atoms with E-state index in [2.05, 4.69) is 20.3 Å². The number of benzene rings is 1. The van der Waals surface area contributed by atoms with Crippen molar-refractivity contribution in [2.45, 2.75) is 25.3 Å². The van der Waals surface area contributed by atoms with Crippen LogP contribution < -0.4 is 0 Å². The van der Waals surface area contributed by atoms with Gasteiger partial charge in [-0.1, -0.05) is 0 Å². The van der Waals surface area contributed by atoms with Crippen molar-refractivity contribution >= 4 is 11.0 Å². The van der Waals surface area contributed by atoms with Gasteiger partial charge in [-0.2, -0.15) is 10.2 Å². The summed E-state index contributed by atoms with van der Waals surface area (Å²) in [6.07, 6.45) is 3.49. The van der Waals surface area contributed by atoms with Gasteiger partial charge >= 0.3 is 0 Å². The highest BCUT2D eigenvalue weighted by atomic mass is 19.3. The third-order valence-electron chi connectivity index (χ3n) is 5.97. The van der Waals surface area contributed by atoms with Crippen LogP contribution in [0.2, 0.25) is 0 Å². The Morgan fingerprint density at radius 2 is 1.89 bits per heavy atom. The van der Waals surface area contributed by atoms with Gasteiger partial charge in [0, 0.05) is 41.2 Å². The summed E-state index contributed by atoms with van der Waals surface area (Å²) in [7, 11) is 0. The van der Waals surface area contributed by atoms with E-state index < -0.39 is 11.3 Å². The zero-order valence-electron chi connectivity index (χ0n) is 14.6. The van der Waals surface area contributed by atoms with E-state index >= 15 is 0 Å². The van der Waals surface area contributed by atoms with Crippen molar-refractivity contribution in [1.29, 1.82) is 0 Å². The number of rotatable bonds is 2. The molecular weight excluding hydrogens is 367 g/mol. The summed E-state index contributed by atoms with van der Waals surface area (Å²) in [4.78, 5) is 4.27. The Balaban J connectivity index is 1.60. The van der Waals surface area contributed by atoms with Crippen LogP contribution >= 0.6 is 0 Å². The fourth-order valence-corrected chi connectivity index (χ4v) is 4.38. The van der Waals surface area contributed by atoms with Gasteiger partial charge in [0.1, 0.15) is 11.5 Å². The summed E-state index contributed by atoms with van der Waals surface area (Å²) in [5.41, 5.74) is 3.40. The van der Waals surface area contributed by atoms with E-state index in [1.165, 1.54) is 12.1 Å². The third-order valence-corrected chi connectivity index (χ3v) is 5.97. The van der Waals surface area contributed by atoms with Gasteiger partial charge < -0.3 is 0 Å². The number of aromatic nitrogens is 5. The first-order valence-corrected chi connectivity index (χ1v) is 8.99. The van der Waals surface area contributed by atoms with Crippen LogP contribution in [0, 0.1) is 11.2 Å². The molecule has 0 amide bonds. The van der Waals surface area contributed by atoms with Crippen LogP contribution in [0.15, 0.2) is 42.7 Å². The second-order valence-corrected chi connectivity index (χ2v) is 7.66. The maximum atomic E-state index is 14.0. The first-order chi connectivity index (χ1) is 13.5. The Labute approximate surface area is 157 Å². The van der Waals surface area contributed by atoms with E-state index in [0.29, 0.717) is 11.3 Å². The molecule has 0 bridgehead atoms. The van der Waals surface area contributed by atoms with Crippen LogP contribution in [0.4, 0.5) is 13.2 Å². The van der Waals surface area contributed by atoms with E-state index in [-0.39, 0.29) is 25.2 Å². The molecule has 1 aliphatic heterocycles. The van der Waals surface area contributed by atoms with Gasteiger partial charge in [0.15, 0.2) is 5.65 Å². The van der Waals surface area contributed by atoms with E-state index in [0.717, 1.165) is 27.8 Å². The zero-order chi connectivity index (χ0) is 19.1. The van der Waals surface area contributed by atoms with Crippen LogP contribution in [-0.2, 0) is 13.0 Å². The van der Waals surface area contributed by atoms with Crippen LogP contribution in [0.1, 0.15) is 12.1 Å². The predicted octanol–water partition coefficient (Wildman–Crippen LogP) is 4.21. The molecule has 3 aromatic heterocycles. The summed E-state index contributed by atoms with van der Waals surface area (Å²) in [5, 5.41) is 12.4. The van der Waals surface area contributed by atoms with Crippen molar-refractivity contribution in [3.63, 3.8) is 0 Å². The minimum absolute atomic E-state index is 0.105. The molecule has 6 rings (SSSR count). The van der Waals surface area contributed by atoms with Gasteiger partial charge in [-0.3, -0.25) is 9.78 Å². The molecular formula is C20H14F3N5. The van der Waals surface area contributed by atoms with Crippen molar-refractivity contribution in [2.75, 3.05) is 0 Å². The number of pyridine rings is 1. The smallest absolute Gasteiger partial charge is 0.256 e. The quantitative estimate of drug-likeness (QED) is 0.566. The maximum absolute atomic E-state index is 14.0. The van der Waals surface area contributed by atoms with Crippen LogP contribution in [-0.4, -0.2) is 30.9 Å². The molecule has 1 saturated carbocycles. The molecule has 1 atom stereocenters. The van der Waals surface area contributed by atoms with Crippen molar-refractivity contribution in [2.24, 2.45) is 5.41 Å². The van der Waals surface area contributed by atoms with Crippen LogP contribution in [0.25, 0.3) is 33.4 Å². The van der Waals surface area contributed by atoms with Crippen molar-refractivity contribution < 1.29 is 13.2 Å². The molecule has 4 aromatic rings. The maximum Gasteiger partial charge on any atom is 0.256 e. The molecule has 28 heavy (non-hydrogen) atoms. The van der Waals surface area contributed by atoms with Crippen molar-refractivity contribution in [3.05, 3.63) is 54.2 Å². The lowest BCUT2D eigenvalue weighted by atomic mass is 9.94. The number of fused-ring (bicyclic) bond motifs is 2. The Morgan fingerprint density at radius 1 is 1.11 bits per heavy atom. The topological polar surface area (TPSA) is 59.4 Å². The van der Waals surface area contributed by atoms with Gasteiger partial charge in [0.2, 0.25) is 0 Å². The average Bonchev–Trinajstić information content (AvgIpc) is 3.11. The molecule has 1 fully saturated rings. The molecule has 0 radical (unpaired) electrons. The lowest BCUT2D eigenvalue weighted by molar-refractivity contribution is 0.0630. The van der Waals surface area contributed by atoms with Gasteiger partial charge in [-0.25, -0.2) is 18.2 Å². The summed E-state index contributed by atoms with van der Waals surface area (Å²) in [6, 6.07) is 7.91. The molecule has 4 heterocycles. The molecule has 8 heteroatoms. The highest BCUT2D eigenvalue weighted by molar-refractivity contribution is 5.97. The number of alkyl halides is 2. The number of nitrogens with one attached hydrogen (secondary N) is 1. The van der Waals surface area contributed by atoms with Gasteiger partial charge in [-0.05, 0) is 35.9 Å². The minimum Gasteiger partial charge on any atom is -0.267 e. The number of hydrogen-bond donors (Lipinski definition) is 1. The SMILES string of the molecule is Fc1ccc(-c2nn3c(c2-c2ccnc4[nH]ncc24)CC2(C3)CC2(F)F)cc1. The van der Waals surface area contributed by atoms with Crippen molar-refractivity contribution in [3.8, 4) is 22.4 Å². The summed E-state index contributed by atoms with van der Waals surface area (Å²) < 4.78 is 43.2. The van der Waals surface area contributed by atoms with Crippen LogP contribution in [0.5, 0.6) is 0 Å². The average molecular weight is 381 g/mol. The van der Waals surface area contributed by atoms with E-state index in [4.69, 9.17) is 0 Å². The van der Waals surface area contributed by atoms with Gasteiger partial charge in [0.25, 0.3) is 5.92 Å². The first-order valence-electron chi connectivity index (χ1n) is 8.99. The number of nitrogens with zero attached hydrogens (tertiary/aromatic N) is 4. The number of H-pyrrole nitrogens is 1. The Kier molecular flexibility index (Phi) is 2.83. The molecule has 140 valence electrons. The number of hydrogen-bond acceptors (Lipinski definition) is 3. The second-order valence-electron chi connectivity index (χ2n) is 7.66. The van der Waals surface area contributed by atoms with E-state index in [1.54, 1.807) is 29.2 Å². The largest absolute Gasteiger partial charge is 0.267 e.